The van der Waals surface area contributed by atoms with Crippen LogP contribution in [0.1, 0.15) is 24.6 Å². The van der Waals surface area contributed by atoms with Crippen LogP contribution in [-0.4, -0.2) is 44.5 Å². The highest BCUT2D eigenvalue weighted by Gasteiger charge is 2.06. The number of rotatable bonds is 8. The predicted octanol–water partition coefficient (Wildman–Crippen LogP) is 3.23. The molecule has 0 fully saturated rings. The average molecular weight is 392 g/mol. The van der Waals surface area contributed by atoms with Crippen molar-refractivity contribution in [1.29, 1.82) is 0 Å². The lowest BCUT2D eigenvalue weighted by molar-refractivity contribution is -0.127. The molecule has 0 aliphatic heterocycles. The number of hydrogen-bond acceptors (Lipinski definition) is 6. The number of nitrogens with zero attached hydrogens (tertiary/aromatic N) is 4. The number of ether oxygens (including phenoxy) is 1. The SMILES string of the molecule is CC(=O)N(C)CCCc1cncc(Oc2ccc(-c3ccc(CO)cn3)cc2)n1. The van der Waals surface area contributed by atoms with Gasteiger partial charge in [-0.15, -0.1) is 0 Å². The van der Waals surface area contributed by atoms with Crippen molar-refractivity contribution in [3.8, 4) is 22.9 Å². The second-order valence-corrected chi connectivity index (χ2v) is 6.73. The Balaban J connectivity index is 1.60. The number of aliphatic hydroxyl groups excluding tert-OH is 1. The molecule has 29 heavy (non-hydrogen) atoms. The molecular formula is C22H24N4O3. The van der Waals surface area contributed by atoms with Crippen LogP contribution in [0, 0.1) is 0 Å². The van der Waals surface area contributed by atoms with Gasteiger partial charge in [-0.2, -0.15) is 0 Å². The van der Waals surface area contributed by atoms with Crippen LogP contribution in [0.25, 0.3) is 11.3 Å². The first-order valence-electron chi connectivity index (χ1n) is 9.42. The quantitative estimate of drug-likeness (QED) is 0.633. The van der Waals surface area contributed by atoms with Gasteiger partial charge in [-0.05, 0) is 48.7 Å². The lowest BCUT2D eigenvalue weighted by Gasteiger charge is -2.14. The zero-order chi connectivity index (χ0) is 20.6. The van der Waals surface area contributed by atoms with Gasteiger partial charge in [0.15, 0.2) is 0 Å². The lowest BCUT2D eigenvalue weighted by Crippen LogP contribution is -2.25. The number of amides is 1. The van der Waals surface area contributed by atoms with Crippen molar-refractivity contribution in [3.63, 3.8) is 0 Å². The van der Waals surface area contributed by atoms with Crippen molar-refractivity contribution in [2.24, 2.45) is 0 Å². The molecule has 3 aromatic rings. The van der Waals surface area contributed by atoms with Crippen LogP contribution in [0.4, 0.5) is 0 Å². The first-order chi connectivity index (χ1) is 14.0. The van der Waals surface area contributed by atoms with E-state index in [0.717, 1.165) is 35.4 Å². The molecule has 0 bridgehead atoms. The van der Waals surface area contributed by atoms with E-state index in [2.05, 4.69) is 15.0 Å². The van der Waals surface area contributed by atoms with Crippen LogP contribution in [-0.2, 0) is 17.8 Å². The van der Waals surface area contributed by atoms with Gasteiger partial charge in [0.25, 0.3) is 0 Å². The van der Waals surface area contributed by atoms with Crippen LogP contribution in [0.15, 0.2) is 55.0 Å². The number of pyridine rings is 1. The standard InChI is InChI=1S/C22H24N4O3/c1-16(28)26(2)11-3-4-19-13-23-14-22(25-19)29-20-8-6-18(7-9-20)21-10-5-17(15-27)12-24-21/h5-10,12-14,27H,3-4,11,15H2,1-2H3. The molecule has 3 rings (SSSR count). The summed E-state index contributed by atoms with van der Waals surface area (Å²) in [7, 11) is 1.79. The molecule has 0 saturated carbocycles. The molecule has 1 aromatic carbocycles. The highest BCUT2D eigenvalue weighted by atomic mass is 16.5. The Hall–Kier alpha value is -3.32. The van der Waals surface area contributed by atoms with E-state index >= 15 is 0 Å². The number of aryl methyl sites for hydroxylation is 1. The molecule has 2 aromatic heterocycles. The maximum Gasteiger partial charge on any atom is 0.238 e. The summed E-state index contributed by atoms with van der Waals surface area (Å²) in [6.45, 7) is 2.21. The minimum atomic E-state index is -0.0203. The van der Waals surface area contributed by atoms with Gasteiger partial charge in [-0.3, -0.25) is 14.8 Å². The molecule has 0 saturated heterocycles. The second kappa shape index (κ2) is 9.75. The Morgan fingerprint density at radius 3 is 2.55 bits per heavy atom. The minimum absolute atomic E-state index is 0.0203. The Morgan fingerprint density at radius 2 is 1.90 bits per heavy atom. The molecule has 0 unspecified atom stereocenters. The average Bonchev–Trinajstić information content (AvgIpc) is 2.74. The van der Waals surface area contributed by atoms with Crippen molar-refractivity contribution in [2.75, 3.05) is 13.6 Å². The molecular weight excluding hydrogens is 368 g/mol. The van der Waals surface area contributed by atoms with Gasteiger partial charge in [-0.1, -0.05) is 6.07 Å². The minimum Gasteiger partial charge on any atom is -0.437 e. The fourth-order valence-corrected chi connectivity index (χ4v) is 2.71. The number of carbonyl (C=O) groups is 1. The third-order valence-corrected chi connectivity index (χ3v) is 4.51. The van der Waals surface area contributed by atoms with E-state index in [1.165, 1.54) is 0 Å². The summed E-state index contributed by atoms with van der Waals surface area (Å²) in [5, 5.41) is 9.11. The number of aliphatic hydroxyl groups is 1. The van der Waals surface area contributed by atoms with E-state index < -0.39 is 0 Å². The monoisotopic (exact) mass is 392 g/mol. The van der Waals surface area contributed by atoms with Crippen molar-refractivity contribution in [3.05, 3.63) is 66.2 Å². The van der Waals surface area contributed by atoms with Gasteiger partial charge >= 0.3 is 0 Å². The lowest BCUT2D eigenvalue weighted by atomic mass is 10.1. The second-order valence-electron chi connectivity index (χ2n) is 6.73. The summed E-state index contributed by atoms with van der Waals surface area (Å²) in [6, 6.07) is 11.3. The van der Waals surface area contributed by atoms with E-state index in [1.807, 2.05) is 36.4 Å². The van der Waals surface area contributed by atoms with Crippen molar-refractivity contribution < 1.29 is 14.6 Å². The fourth-order valence-electron chi connectivity index (χ4n) is 2.71. The topological polar surface area (TPSA) is 88.4 Å². The Kier molecular flexibility index (Phi) is 6.86. The third kappa shape index (κ3) is 5.83. The van der Waals surface area contributed by atoms with Crippen LogP contribution < -0.4 is 4.74 Å². The Morgan fingerprint density at radius 1 is 1.10 bits per heavy atom. The molecule has 0 aliphatic carbocycles. The summed E-state index contributed by atoms with van der Waals surface area (Å²) in [5.74, 6) is 1.14. The van der Waals surface area contributed by atoms with Crippen LogP contribution in [0.5, 0.6) is 11.6 Å². The molecule has 1 amide bonds. The van der Waals surface area contributed by atoms with Crippen molar-refractivity contribution >= 4 is 5.91 Å². The summed E-state index contributed by atoms with van der Waals surface area (Å²) < 4.78 is 5.82. The summed E-state index contributed by atoms with van der Waals surface area (Å²) in [4.78, 5) is 26.0. The Bertz CT molecular complexity index is 943. The molecule has 0 radical (unpaired) electrons. The maximum atomic E-state index is 11.3. The molecule has 7 nitrogen and oxygen atoms in total. The highest BCUT2D eigenvalue weighted by Crippen LogP contribution is 2.24. The van der Waals surface area contributed by atoms with Crippen LogP contribution in [0.2, 0.25) is 0 Å². The fraction of sp³-hybridized carbons (Fsp3) is 0.273. The van der Waals surface area contributed by atoms with Crippen molar-refractivity contribution in [1.82, 2.24) is 19.9 Å². The van der Waals surface area contributed by atoms with Crippen LogP contribution >= 0.6 is 0 Å². The summed E-state index contributed by atoms with van der Waals surface area (Å²) in [6.07, 6.45) is 6.48. The molecule has 0 aliphatic rings. The normalized spacial score (nSPS) is 10.6. The van der Waals surface area contributed by atoms with Gasteiger partial charge in [0.05, 0.1) is 24.2 Å². The zero-order valence-electron chi connectivity index (χ0n) is 16.6. The van der Waals surface area contributed by atoms with Gasteiger partial charge in [-0.25, -0.2) is 4.98 Å². The van der Waals surface area contributed by atoms with Gasteiger partial charge in [0.2, 0.25) is 11.8 Å². The zero-order valence-corrected chi connectivity index (χ0v) is 16.6. The van der Waals surface area contributed by atoms with Gasteiger partial charge in [0.1, 0.15) is 5.75 Å². The van der Waals surface area contributed by atoms with Crippen molar-refractivity contribution in [2.45, 2.75) is 26.4 Å². The Labute approximate surface area is 170 Å². The third-order valence-electron chi connectivity index (χ3n) is 4.51. The number of aromatic nitrogens is 3. The predicted molar refractivity (Wildman–Crippen MR) is 109 cm³/mol. The highest BCUT2D eigenvalue weighted by molar-refractivity contribution is 5.72. The summed E-state index contributed by atoms with van der Waals surface area (Å²) in [5.41, 5.74) is 3.38. The van der Waals surface area contributed by atoms with E-state index in [1.54, 1.807) is 37.5 Å². The first kappa shape index (κ1) is 20.4. The van der Waals surface area contributed by atoms with Gasteiger partial charge in [0, 0.05) is 38.5 Å². The summed E-state index contributed by atoms with van der Waals surface area (Å²) >= 11 is 0. The molecule has 7 heteroatoms. The first-order valence-corrected chi connectivity index (χ1v) is 9.42. The van der Waals surface area contributed by atoms with E-state index in [4.69, 9.17) is 9.84 Å². The molecule has 2 heterocycles. The number of hydrogen-bond donors (Lipinski definition) is 1. The maximum absolute atomic E-state index is 11.3. The molecule has 1 N–H and O–H groups in total. The van der Waals surface area contributed by atoms with Crippen LogP contribution in [0.3, 0.4) is 0 Å². The van der Waals surface area contributed by atoms with Gasteiger partial charge < -0.3 is 14.7 Å². The number of benzene rings is 1. The van der Waals surface area contributed by atoms with E-state index in [9.17, 15) is 4.79 Å². The molecule has 0 spiro atoms. The molecule has 150 valence electrons. The number of carbonyl (C=O) groups excluding carboxylic acids is 1. The van der Waals surface area contributed by atoms with E-state index in [0.29, 0.717) is 18.2 Å². The smallest absolute Gasteiger partial charge is 0.238 e. The largest absolute Gasteiger partial charge is 0.437 e. The molecule has 0 atom stereocenters. The van der Waals surface area contributed by atoms with E-state index in [-0.39, 0.29) is 12.5 Å².